The van der Waals surface area contributed by atoms with Crippen molar-refractivity contribution in [1.29, 1.82) is 0 Å². The van der Waals surface area contributed by atoms with Crippen molar-refractivity contribution in [2.45, 2.75) is 20.4 Å². The minimum Gasteiger partial charge on any atom is -0.343 e. The fourth-order valence-electron chi connectivity index (χ4n) is 1.84. The lowest BCUT2D eigenvalue weighted by Crippen LogP contribution is -2.17. The molecular weight excluding hydrogens is 311 g/mol. The number of nitrogens with zero attached hydrogens (tertiary/aromatic N) is 1. The van der Waals surface area contributed by atoms with Crippen LogP contribution in [0.2, 0.25) is 0 Å². The van der Waals surface area contributed by atoms with E-state index in [1.54, 1.807) is 12.1 Å². The molecule has 1 heterocycles. The number of aryl methyl sites for hydroxylation is 2. The molecular formula is C14H14BrFN2O. The molecule has 19 heavy (non-hydrogen) atoms. The summed E-state index contributed by atoms with van der Waals surface area (Å²) in [5.74, 6) is -0.616. The van der Waals surface area contributed by atoms with Crippen LogP contribution in [0.1, 0.15) is 23.0 Å². The van der Waals surface area contributed by atoms with Gasteiger partial charge in [0.25, 0.3) is 5.91 Å². The number of benzene rings is 1. The highest BCUT2D eigenvalue weighted by molar-refractivity contribution is 9.10. The van der Waals surface area contributed by atoms with E-state index in [0.29, 0.717) is 17.9 Å². The van der Waals surface area contributed by atoms with Crippen molar-refractivity contribution in [3.05, 3.63) is 52.0 Å². The number of halogens is 2. The van der Waals surface area contributed by atoms with Crippen LogP contribution < -0.4 is 5.32 Å². The predicted molar refractivity (Wildman–Crippen MR) is 76.9 cm³/mol. The van der Waals surface area contributed by atoms with Gasteiger partial charge >= 0.3 is 0 Å². The van der Waals surface area contributed by atoms with Gasteiger partial charge in [-0.25, -0.2) is 4.39 Å². The molecule has 1 aromatic carbocycles. The van der Waals surface area contributed by atoms with Crippen LogP contribution in [0.5, 0.6) is 0 Å². The van der Waals surface area contributed by atoms with E-state index in [9.17, 15) is 9.18 Å². The smallest absolute Gasteiger partial charge is 0.272 e. The molecule has 0 radical (unpaired) electrons. The van der Waals surface area contributed by atoms with Crippen LogP contribution in [0.25, 0.3) is 0 Å². The maximum absolute atomic E-state index is 13.2. The minimum absolute atomic E-state index is 0.249. The molecule has 0 bridgehead atoms. The van der Waals surface area contributed by atoms with E-state index in [0.717, 1.165) is 10.0 Å². The highest BCUT2D eigenvalue weighted by atomic mass is 79.9. The first-order chi connectivity index (χ1) is 9.01. The second kappa shape index (κ2) is 5.57. The molecule has 3 nitrogen and oxygen atoms in total. The van der Waals surface area contributed by atoms with E-state index in [4.69, 9.17) is 0 Å². The van der Waals surface area contributed by atoms with Crippen molar-refractivity contribution in [2.75, 3.05) is 5.32 Å². The van der Waals surface area contributed by atoms with E-state index in [1.807, 2.05) is 24.6 Å². The Kier molecular flexibility index (Phi) is 4.04. The lowest BCUT2D eigenvalue weighted by molar-refractivity contribution is 0.101. The van der Waals surface area contributed by atoms with Crippen molar-refractivity contribution >= 4 is 27.5 Å². The number of anilines is 1. The van der Waals surface area contributed by atoms with E-state index < -0.39 is 0 Å². The zero-order valence-corrected chi connectivity index (χ0v) is 12.3. The van der Waals surface area contributed by atoms with E-state index in [1.165, 1.54) is 12.1 Å². The Morgan fingerprint density at radius 1 is 1.42 bits per heavy atom. The van der Waals surface area contributed by atoms with E-state index >= 15 is 0 Å². The number of nitrogens with one attached hydrogen (secondary N) is 1. The zero-order valence-electron chi connectivity index (χ0n) is 10.7. The number of hydrogen-bond donors (Lipinski definition) is 1. The van der Waals surface area contributed by atoms with Gasteiger partial charge in [0.1, 0.15) is 11.5 Å². The molecule has 100 valence electrons. The van der Waals surface area contributed by atoms with Gasteiger partial charge in [-0.05, 0) is 53.5 Å². The molecule has 0 unspecified atom stereocenters. The topological polar surface area (TPSA) is 34.0 Å². The summed E-state index contributed by atoms with van der Waals surface area (Å²) in [6, 6.07) is 6.07. The second-order valence-electron chi connectivity index (χ2n) is 4.24. The summed E-state index contributed by atoms with van der Waals surface area (Å²) < 4.78 is 15.9. The van der Waals surface area contributed by atoms with Crippen LogP contribution in [0, 0.1) is 12.7 Å². The molecule has 2 aromatic rings. The van der Waals surface area contributed by atoms with Gasteiger partial charge in [0.15, 0.2) is 0 Å². The molecule has 1 aromatic heterocycles. The first-order valence-electron chi connectivity index (χ1n) is 5.94. The molecule has 0 saturated heterocycles. The average Bonchev–Trinajstić information content (AvgIpc) is 2.75. The van der Waals surface area contributed by atoms with Crippen LogP contribution in [-0.4, -0.2) is 10.5 Å². The molecule has 0 aliphatic heterocycles. The molecule has 0 fully saturated rings. The van der Waals surface area contributed by atoms with Crippen LogP contribution in [-0.2, 0) is 6.54 Å². The Morgan fingerprint density at radius 2 is 2.16 bits per heavy atom. The molecule has 1 amide bonds. The first-order valence-corrected chi connectivity index (χ1v) is 6.73. The van der Waals surface area contributed by atoms with Crippen molar-refractivity contribution < 1.29 is 9.18 Å². The quantitative estimate of drug-likeness (QED) is 0.910. The van der Waals surface area contributed by atoms with Crippen molar-refractivity contribution in [2.24, 2.45) is 0 Å². The van der Waals surface area contributed by atoms with Gasteiger partial charge in [-0.2, -0.15) is 0 Å². The normalized spacial score (nSPS) is 10.5. The van der Waals surface area contributed by atoms with Gasteiger partial charge in [-0.3, -0.25) is 4.79 Å². The SMILES string of the molecule is CCn1cc(Br)cc1C(=O)Nc1cc(F)ccc1C. The monoisotopic (exact) mass is 324 g/mol. The second-order valence-corrected chi connectivity index (χ2v) is 5.16. The van der Waals surface area contributed by atoms with Crippen LogP contribution in [0.15, 0.2) is 34.9 Å². The molecule has 0 aliphatic rings. The average molecular weight is 325 g/mol. The summed E-state index contributed by atoms with van der Waals surface area (Å²) in [5.41, 5.74) is 1.85. The van der Waals surface area contributed by atoms with Gasteiger partial charge in [0.2, 0.25) is 0 Å². The number of carbonyl (C=O) groups is 1. The van der Waals surface area contributed by atoms with Gasteiger partial charge in [0.05, 0.1) is 0 Å². The minimum atomic E-state index is -0.368. The maximum atomic E-state index is 13.2. The molecule has 0 saturated carbocycles. The number of aromatic nitrogens is 1. The lowest BCUT2D eigenvalue weighted by Gasteiger charge is -2.10. The van der Waals surface area contributed by atoms with Crippen molar-refractivity contribution in [3.8, 4) is 0 Å². The third-order valence-electron chi connectivity index (χ3n) is 2.88. The Morgan fingerprint density at radius 3 is 2.84 bits per heavy atom. The summed E-state index contributed by atoms with van der Waals surface area (Å²) in [4.78, 5) is 12.2. The Balaban J connectivity index is 2.27. The maximum Gasteiger partial charge on any atom is 0.272 e. The highest BCUT2D eigenvalue weighted by Crippen LogP contribution is 2.19. The molecule has 0 aliphatic carbocycles. The number of amides is 1. The van der Waals surface area contributed by atoms with Crippen LogP contribution in [0.3, 0.4) is 0 Å². The van der Waals surface area contributed by atoms with Crippen LogP contribution in [0.4, 0.5) is 10.1 Å². The van der Waals surface area contributed by atoms with E-state index in [2.05, 4.69) is 21.2 Å². The van der Waals surface area contributed by atoms with Gasteiger partial charge in [-0.1, -0.05) is 6.07 Å². The molecule has 0 atom stereocenters. The number of hydrogen-bond acceptors (Lipinski definition) is 1. The number of rotatable bonds is 3. The van der Waals surface area contributed by atoms with Gasteiger partial charge < -0.3 is 9.88 Å². The molecule has 0 spiro atoms. The largest absolute Gasteiger partial charge is 0.343 e. The molecule has 5 heteroatoms. The van der Waals surface area contributed by atoms with Crippen molar-refractivity contribution in [3.63, 3.8) is 0 Å². The van der Waals surface area contributed by atoms with E-state index in [-0.39, 0.29) is 11.7 Å². The Bertz CT molecular complexity index is 622. The van der Waals surface area contributed by atoms with Crippen molar-refractivity contribution in [1.82, 2.24) is 4.57 Å². The fourth-order valence-corrected chi connectivity index (χ4v) is 2.31. The third-order valence-corrected chi connectivity index (χ3v) is 3.32. The Labute approximate surface area is 119 Å². The van der Waals surface area contributed by atoms with Gasteiger partial charge in [-0.15, -0.1) is 0 Å². The summed E-state index contributed by atoms with van der Waals surface area (Å²) in [6.45, 7) is 4.47. The highest BCUT2D eigenvalue weighted by Gasteiger charge is 2.13. The summed E-state index contributed by atoms with van der Waals surface area (Å²) >= 11 is 3.34. The first kappa shape index (κ1) is 13.8. The summed E-state index contributed by atoms with van der Waals surface area (Å²) in [6.07, 6.45) is 1.84. The molecule has 1 N–H and O–H groups in total. The Hall–Kier alpha value is -1.62. The van der Waals surface area contributed by atoms with Gasteiger partial charge in [0, 0.05) is 22.9 Å². The summed E-state index contributed by atoms with van der Waals surface area (Å²) in [7, 11) is 0. The number of carbonyl (C=O) groups excluding carboxylic acids is 1. The zero-order chi connectivity index (χ0) is 14.0. The summed E-state index contributed by atoms with van der Waals surface area (Å²) in [5, 5.41) is 2.73. The molecule has 2 rings (SSSR count). The fraction of sp³-hybridized carbons (Fsp3) is 0.214. The lowest BCUT2D eigenvalue weighted by atomic mass is 10.2. The third kappa shape index (κ3) is 3.04. The standard InChI is InChI=1S/C14H14BrFN2O/c1-3-18-8-10(15)6-13(18)14(19)17-12-7-11(16)5-4-9(12)2/h4-8H,3H2,1-2H3,(H,17,19). The predicted octanol–water partition coefficient (Wildman–Crippen LogP) is 3.97. The van der Waals surface area contributed by atoms with Crippen LogP contribution >= 0.6 is 15.9 Å².